The number of pyridine rings is 1. The van der Waals surface area contributed by atoms with Gasteiger partial charge in [0, 0.05) is 24.7 Å². The van der Waals surface area contributed by atoms with Gasteiger partial charge >= 0.3 is 0 Å². The summed E-state index contributed by atoms with van der Waals surface area (Å²) in [6, 6.07) is 9.00. The van der Waals surface area contributed by atoms with Crippen molar-refractivity contribution in [3.8, 4) is 5.75 Å². The number of amides is 3. The number of carbonyl (C=O) groups is 3. The Bertz CT molecular complexity index is 944. The Morgan fingerprint density at radius 1 is 1.11 bits per heavy atom. The Hall–Kier alpha value is -3.42. The van der Waals surface area contributed by atoms with Crippen molar-refractivity contribution in [2.75, 3.05) is 28.7 Å². The van der Waals surface area contributed by atoms with Crippen LogP contribution in [0.4, 0.5) is 17.2 Å². The fraction of sp³-hybridized carbons (Fsp3) is 0.300. The molecule has 144 valence electrons. The molecule has 0 saturated heterocycles. The number of ether oxygens (including phenoxy) is 1. The summed E-state index contributed by atoms with van der Waals surface area (Å²) in [7, 11) is 0. The minimum Gasteiger partial charge on any atom is -0.494 e. The molecule has 0 unspecified atom stereocenters. The Balaban J connectivity index is 1.31. The van der Waals surface area contributed by atoms with E-state index in [2.05, 4.69) is 15.6 Å². The van der Waals surface area contributed by atoms with Gasteiger partial charge in [-0.25, -0.2) is 4.98 Å². The zero-order chi connectivity index (χ0) is 19.5. The summed E-state index contributed by atoms with van der Waals surface area (Å²) in [4.78, 5) is 41.4. The van der Waals surface area contributed by atoms with Crippen molar-refractivity contribution in [3.63, 3.8) is 0 Å². The van der Waals surface area contributed by atoms with Crippen molar-refractivity contribution in [2.24, 2.45) is 0 Å². The van der Waals surface area contributed by atoms with Crippen LogP contribution in [-0.4, -0.2) is 35.9 Å². The van der Waals surface area contributed by atoms with E-state index in [0.717, 1.165) is 11.3 Å². The van der Waals surface area contributed by atoms with Crippen molar-refractivity contribution in [1.29, 1.82) is 0 Å². The molecule has 2 aromatic rings. The number of nitrogens with one attached hydrogen (secondary N) is 2. The Labute approximate surface area is 161 Å². The molecule has 8 nitrogen and oxygen atoms in total. The van der Waals surface area contributed by atoms with Crippen molar-refractivity contribution >= 4 is 34.9 Å². The van der Waals surface area contributed by atoms with Crippen LogP contribution in [0.5, 0.6) is 5.75 Å². The normalized spacial score (nSPS) is 15.2. The molecule has 2 aliphatic heterocycles. The minimum absolute atomic E-state index is 0.0275. The maximum absolute atomic E-state index is 12.6. The first-order chi connectivity index (χ1) is 13.6. The largest absolute Gasteiger partial charge is 0.494 e. The van der Waals surface area contributed by atoms with Gasteiger partial charge in [0.05, 0.1) is 12.3 Å². The molecule has 0 saturated carbocycles. The highest BCUT2D eigenvalue weighted by Crippen LogP contribution is 2.28. The number of hydrogen-bond acceptors (Lipinski definition) is 5. The molecule has 1 aromatic carbocycles. The number of rotatable bonds is 5. The summed E-state index contributed by atoms with van der Waals surface area (Å²) in [6.07, 6.45) is 3.54. The van der Waals surface area contributed by atoms with Crippen LogP contribution in [0.2, 0.25) is 0 Å². The van der Waals surface area contributed by atoms with Gasteiger partial charge < -0.3 is 15.4 Å². The Morgan fingerprint density at radius 3 is 2.86 bits per heavy atom. The molecule has 2 N–H and O–H groups in total. The summed E-state index contributed by atoms with van der Waals surface area (Å²) >= 11 is 0. The van der Waals surface area contributed by atoms with Crippen LogP contribution in [0.25, 0.3) is 0 Å². The predicted octanol–water partition coefficient (Wildman–Crippen LogP) is 2.11. The molecular weight excluding hydrogens is 360 g/mol. The monoisotopic (exact) mass is 380 g/mol. The number of fused-ring (bicyclic) bond motifs is 2. The van der Waals surface area contributed by atoms with E-state index in [4.69, 9.17) is 4.74 Å². The van der Waals surface area contributed by atoms with Crippen molar-refractivity contribution in [2.45, 2.75) is 25.7 Å². The number of carbonyl (C=O) groups excluding carboxylic acids is 3. The van der Waals surface area contributed by atoms with Gasteiger partial charge in [-0.3, -0.25) is 19.3 Å². The van der Waals surface area contributed by atoms with E-state index in [1.54, 1.807) is 24.4 Å². The summed E-state index contributed by atoms with van der Waals surface area (Å²) in [5.41, 5.74) is 2.42. The second-order valence-corrected chi connectivity index (χ2v) is 6.72. The summed E-state index contributed by atoms with van der Waals surface area (Å²) in [5.74, 6) is 0.830. The quantitative estimate of drug-likeness (QED) is 0.774. The highest BCUT2D eigenvalue weighted by molar-refractivity contribution is 6.08. The maximum Gasteiger partial charge on any atom is 0.244 e. The van der Waals surface area contributed by atoms with Crippen LogP contribution in [0, 0.1) is 0 Å². The third-order valence-corrected chi connectivity index (χ3v) is 4.70. The van der Waals surface area contributed by atoms with E-state index in [9.17, 15) is 14.4 Å². The molecule has 3 heterocycles. The lowest BCUT2D eigenvalue weighted by molar-refractivity contribution is -0.122. The zero-order valence-electron chi connectivity index (χ0n) is 15.2. The van der Waals surface area contributed by atoms with E-state index in [0.29, 0.717) is 43.1 Å². The number of benzene rings is 1. The summed E-state index contributed by atoms with van der Waals surface area (Å²) < 4.78 is 5.75. The topological polar surface area (TPSA) is 101 Å². The molecule has 28 heavy (non-hydrogen) atoms. The van der Waals surface area contributed by atoms with Gasteiger partial charge in [0.1, 0.15) is 12.3 Å². The molecule has 8 heteroatoms. The zero-order valence-corrected chi connectivity index (χ0v) is 15.2. The van der Waals surface area contributed by atoms with Crippen LogP contribution in [0.1, 0.15) is 24.8 Å². The van der Waals surface area contributed by atoms with E-state index in [1.165, 1.54) is 4.90 Å². The molecule has 4 rings (SSSR count). The van der Waals surface area contributed by atoms with Gasteiger partial charge in [-0.2, -0.15) is 0 Å². The molecule has 1 aromatic heterocycles. The van der Waals surface area contributed by atoms with Crippen molar-refractivity contribution in [3.05, 3.63) is 42.1 Å². The number of anilines is 3. The smallest absolute Gasteiger partial charge is 0.244 e. The predicted molar refractivity (Wildman–Crippen MR) is 103 cm³/mol. The molecule has 0 radical (unpaired) electrons. The fourth-order valence-electron chi connectivity index (χ4n) is 3.32. The van der Waals surface area contributed by atoms with Crippen LogP contribution in [0.3, 0.4) is 0 Å². The second-order valence-electron chi connectivity index (χ2n) is 6.72. The molecule has 0 bridgehead atoms. The first-order valence-electron chi connectivity index (χ1n) is 9.21. The lowest BCUT2D eigenvalue weighted by atomic mass is 10.0. The summed E-state index contributed by atoms with van der Waals surface area (Å²) in [6.45, 7) is 0.353. The number of aryl methyl sites for hydroxylation is 1. The third kappa shape index (κ3) is 3.80. The third-order valence-electron chi connectivity index (χ3n) is 4.70. The number of hydrogen-bond donors (Lipinski definition) is 2. The Morgan fingerprint density at radius 2 is 1.96 bits per heavy atom. The van der Waals surface area contributed by atoms with Crippen LogP contribution in [-0.2, 0) is 20.8 Å². The molecule has 0 aliphatic carbocycles. The molecule has 2 aliphatic rings. The molecule has 0 atom stereocenters. The first kappa shape index (κ1) is 18.0. The molecule has 0 spiro atoms. The maximum atomic E-state index is 12.6. The van der Waals surface area contributed by atoms with Gasteiger partial charge in [-0.15, -0.1) is 0 Å². The van der Waals surface area contributed by atoms with Crippen LogP contribution >= 0.6 is 0 Å². The van der Waals surface area contributed by atoms with Gasteiger partial charge in [0.25, 0.3) is 0 Å². The van der Waals surface area contributed by atoms with Gasteiger partial charge in [0.2, 0.25) is 17.7 Å². The number of aromatic nitrogens is 1. The van der Waals surface area contributed by atoms with Crippen molar-refractivity contribution in [1.82, 2.24) is 4.98 Å². The molecule has 3 amide bonds. The van der Waals surface area contributed by atoms with E-state index in [-0.39, 0.29) is 30.7 Å². The highest BCUT2D eigenvalue weighted by Gasteiger charge is 2.27. The van der Waals surface area contributed by atoms with E-state index >= 15 is 0 Å². The molecule has 0 fully saturated rings. The van der Waals surface area contributed by atoms with Crippen LogP contribution in [0.15, 0.2) is 36.5 Å². The lowest BCUT2D eigenvalue weighted by Gasteiger charge is -2.27. The van der Waals surface area contributed by atoms with Gasteiger partial charge in [-0.05, 0) is 48.7 Å². The highest BCUT2D eigenvalue weighted by atomic mass is 16.5. The molecular formula is C20H20N4O4. The number of nitrogens with zero attached hydrogens (tertiary/aromatic N) is 2. The average molecular weight is 380 g/mol. The summed E-state index contributed by atoms with van der Waals surface area (Å²) in [5, 5.41) is 5.55. The van der Waals surface area contributed by atoms with Gasteiger partial charge in [0.15, 0.2) is 5.82 Å². The van der Waals surface area contributed by atoms with E-state index < -0.39 is 0 Å². The SMILES string of the molecule is O=C1CCc2cc(OCCCC(=O)N3CC(=O)Nc4cccnc43)ccc2N1. The minimum atomic E-state index is -0.230. The average Bonchev–Trinajstić information content (AvgIpc) is 2.70. The van der Waals surface area contributed by atoms with Gasteiger partial charge in [-0.1, -0.05) is 0 Å². The van der Waals surface area contributed by atoms with Crippen molar-refractivity contribution < 1.29 is 19.1 Å². The lowest BCUT2D eigenvalue weighted by Crippen LogP contribution is -2.42. The van der Waals surface area contributed by atoms with Crippen LogP contribution < -0.4 is 20.3 Å². The fourth-order valence-corrected chi connectivity index (χ4v) is 3.32. The second kappa shape index (κ2) is 7.67. The Kier molecular flexibility index (Phi) is 4.92. The standard InChI is InChI=1S/C20H20N4O4/c25-17-8-5-13-11-14(6-7-15(13)22-17)28-10-2-4-19(27)24-12-18(26)23-16-3-1-9-21-20(16)24/h1,3,6-7,9,11H,2,4-5,8,10,12H2,(H,22,25)(H,23,26). The first-order valence-corrected chi connectivity index (χ1v) is 9.21. The van der Waals surface area contributed by atoms with E-state index in [1.807, 2.05) is 12.1 Å².